The van der Waals surface area contributed by atoms with Crippen LogP contribution >= 0.6 is 0 Å². The van der Waals surface area contributed by atoms with Crippen LogP contribution in [0.3, 0.4) is 0 Å². The van der Waals surface area contributed by atoms with Crippen molar-refractivity contribution < 1.29 is 5.11 Å². The lowest BCUT2D eigenvalue weighted by Crippen LogP contribution is -2.51. The lowest BCUT2D eigenvalue weighted by atomic mass is 9.78. The van der Waals surface area contributed by atoms with Crippen molar-refractivity contribution in [2.45, 2.75) is 44.2 Å². The Hall–Kier alpha value is -0.0800. The van der Waals surface area contributed by atoms with E-state index in [-0.39, 0.29) is 6.10 Å². The second-order valence-corrected chi connectivity index (χ2v) is 3.88. The first kappa shape index (κ1) is 7.56. The normalized spacial score (nSPS) is 45.0. The molecular formula is C9H17NO. The Balaban J connectivity index is 1.99. The van der Waals surface area contributed by atoms with Gasteiger partial charge < -0.3 is 10.4 Å². The summed E-state index contributed by atoms with van der Waals surface area (Å²) in [4.78, 5) is 0. The van der Waals surface area contributed by atoms with Crippen molar-refractivity contribution >= 4 is 0 Å². The molecule has 2 fully saturated rings. The van der Waals surface area contributed by atoms with Gasteiger partial charge in [-0.2, -0.15) is 0 Å². The summed E-state index contributed by atoms with van der Waals surface area (Å²) >= 11 is 0. The number of hydrogen-bond acceptors (Lipinski definition) is 2. The van der Waals surface area contributed by atoms with Gasteiger partial charge in [0.1, 0.15) is 0 Å². The first-order chi connectivity index (χ1) is 5.38. The number of aliphatic hydroxyl groups excluding tert-OH is 1. The predicted molar refractivity (Wildman–Crippen MR) is 44.4 cm³/mol. The summed E-state index contributed by atoms with van der Waals surface area (Å²) in [6.45, 7) is 1.11. The maximum absolute atomic E-state index is 9.64. The topological polar surface area (TPSA) is 32.3 Å². The minimum absolute atomic E-state index is 0.0611. The largest absolute Gasteiger partial charge is 0.391 e. The van der Waals surface area contributed by atoms with Gasteiger partial charge in [0.05, 0.1) is 6.10 Å². The number of hydrogen-bond donors (Lipinski definition) is 2. The molecule has 0 radical (unpaired) electrons. The van der Waals surface area contributed by atoms with Gasteiger partial charge >= 0.3 is 0 Å². The Morgan fingerprint density at radius 1 is 1.09 bits per heavy atom. The molecule has 0 amide bonds. The maximum atomic E-state index is 9.64. The summed E-state index contributed by atoms with van der Waals surface area (Å²) in [7, 11) is 0. The molecule has 1 saturated heterocycles. The third kappa shape index (κ3) is 1.42. The average Bonchev–Trinajstić information content (AvgIpc) is 2.06. The average molecular weight is 155 g/mol. The predicted octanol–water partition coefficient (Wildman–Crippen LogP) is 0.899. The lowest BCUT2D eigenvalue weighted by molar-refractivity contribution is 0.0424. The molecule has 64 valence electrons. The van der Waals surface area contributed by atoms with Crippen LogP contribution in [-0.4, -0.2) is 23.8 Å². The zero-order valence-corrected chi connectivity index (χ0v) is 6.92. The molecule has 0 spiro atoms. The van der Waals surface area contributed by atoms with Crippen molar-refractivity contribution in [3.63, 3.8) is 0 Å². The maximum Gasteiger partial charge on any atom is 0.0695 e. The number of nitrogens with one attached hydrogen (secondary N) is 1. The number of fused-ring (bicyclic) bond motifs is 1. The highest BCUT2D eigenvalue weighted by atomic mass is 16.3. The van der Waals surface area contributed by atoms with Crippen molar-refractivity contribution in [1.29, 1.82) is 0 Å². The number of piperidine rings is 1. The van der Waals surface area contributed by atoms with Gasteiger partial charge in [0.25, 0.3) is 0 Å². The number of rotatable bonds is 0. The van der Waals surface area contributed by atoms with Gasteiger partial charge in [-0.05, 0) is 38.1 Å². The van der Waals surface area contributed by atoms with Gasteiger partial charge in [0, 0.05) is 6.04 Å². The highest BCUT2D eigenvalue weighted by molar-refractivity contribution is 4.90. The van der Waals surface area contributed by atoms with Crippen LogP contribution in [0.25, 0.3) is 0 Å². The van der Waals surface area contributed by atoms with E-state index < -0.39 is 0 Å². The second-order valence-electron chi connectivity index (χ2n) is 3.88. The van der Waals surface area contributed by atoms with Gasteiger partial charge in [-0.15, -0.1) is 0 Å². The molecule has 0 bridgehead atoms. The van der Waals surface area contributed by atoms with Crippen molar-refractivity contribution in [3.05, 3.63) is 0 Å². The van der Waals surface area contributed by atoms with E-state index in [1.54, 1.807) is 0 Å². The highest BCUT2D eigenvalue weighted by Crippen LogP contribution is 2.30. The van der Waals surface area contributed by atoms with E-state index >= 15 is 0 Å². The molecule has 2 N–H and O–H groups in total. The smallest absolute Gasteiger partial charge is 0.0695 e. The van der Waals surface area contributed by atoms with Crippen LogP contribution in [0.1, 0.15) is 32.1 Å². The molecule has 2 heteroatoms. The fourth-order valence-electron chi connectivity index (χ4n) is 2.52. The molecule has 1 heterocycles. The molecule has 0 aromatic heterocycles. The molecule has 3 atom stereocenters. The molecule has 1 saturated carbocycles. The van der Waals surface area contributed by atoms with Crippen LogP contribution in [0.2, 0.25) is 0 Å². The van der Waals surface area contributed by atoms with E-state index in [1.165, 1.54) is 25.7 Å². The minimum atomic E-state index is -0.0611. The van der Waals surface area contributed by atoms with Crippen molar-refractivity contribution in [1.82, 2.24) is 5.32 Å². The van der Waals surface area contributed by atoms with Crippen LogP contribution in [0.4, 0.5) is 0 Å². The zero-order chi connectivity index (χ0) is 7.68. The third-order valence-corrected chi connectivity index (χ3v) is 3.13. The quantitative estimate of drug-likeness (QED) is 0.544. The molecule has 11 heavy (non-hydrogen) atoms. The van der Waals surface area contributed by atoms with Crippen LogP contribution in [0, 0.1) is 5.92 Å². The van der Waals surface area contributed by atoms with Gasteiger partial charge in [-0.1, -0.05) is 6.42 Å². The summed E-state index contributed by atoms with van der Waals surface area (Å²) in [5.74, 6) is 0.771. The highest BCUT2D eigenvalue weighted by Gasteiger charge is 2.33. The van der Waals surface area contributed by atoms with Crippen molar-refractivity contribution in [2.24, 2.45) is 5.92 Å². The Labute approximate surface area is 68.0 Å². The molecule has 2 rings (SSSR count). The molecule has 1 aliphatic carbocycles. The van der Waals surface area contributed by atoms with Crippen LogP contribution in [0.15, 0.2) is 0 Å². The van der Waals surface area contributed by atoms with E-state index in [9.17, 15) is 5.11 Å². The molecule has 2 nitrogen and oxygen atoms in total. The standard InChI is InChI=1S/C9H17NO/c11-8-5-1-3-7-4-2-6-10-9(7)8/h7-11H,1-6H2/t7-,8-,9+/m0/s1. The van der Waals surface area contributed by atoms with Gasteiger partial charge in [0.15, 0.2) is 0 Å². The summed E-state index contributed by atoms with van der Waals surface area (Å²) in [5, 5.41) is 13.1. The zero-order valence-electron chi connectivity index (χ0n) is 6.92. The third-order valence-electron chi connectivity index (χ3n) is 3.13. The summed E-state index contributed by atoms with van der Waals surface area (Å²) in [6.07, 6.45) is 6.13. The molecule has 0 unspecified atom stereocenters. The fraction of sp³-hybridized carbons (Fsp3) is 1.00. The lowest BCUT2D eigenvalue weighted by Gasteiger charge is -2.39. The minimum Gasteiger partial charge on any atom is -0.391 e. The SMILES string of the molecule is O[C@H]1CCC[C@H]2CCCN[C@H]21. The van der Waals surface area contributed by atoms with E-state index in [1.807, 2.05) is 0 Å². The Morgan fingerprint density at radius 2 is 1.91 bits per heavy atom. The number of aliphatic hydroxyl groups is 1. The van der Waals surface area contributed by atoms with E-state index in [0.29, 0.717) is 6.04 Å². The van der Waals surface area contributed by atoms with Crippen LogP contribution < -0.4 is 5.32 Å². The van der Waals surface area contributed by atoms with E-state index in [2.05, 4.69) is 5.32 Å². The molecule has 0 aromatic carbocycles. The molecule has 2 aliphatic rings. The van der Waals surface area contributed by atoms with Crippen LogP contribution in [0.5, 0.6) is 0 Å². The Kier molecular flexibility index (Phi) is 2.14. The second kappa shape index (κ2) is 3.11. The van der Waals surface area contributed by atoms with Crippen LogP contribution in [-0.2, 0) is 0 Å². The van der Waals surface area contributed by atoms with E-state index in [0.717, 1.165) is 18.9 Å². The first-order valence-corrected chi connectivity index (χ1v) is 4.79. The monoisotopic (exact) mass is 155 g/mol. The molecule has 1 aliphatic heterocycles. The van der Waals surface area contributed by atoms with Gasteiger partial charge in [-0.25, -0.2) is 0 Å². The Morgan fingerprint density at radius 3 is 2.73 bits per heavy atom. The molecular weight excluding hydrogens is 138 g/mol. The Bertz CT molecular complexity index is 136. The summed E-state index contributed by atoms with van der Waals surface area (Å²) in [6, 6.07) is 0.428. The van der Waals surface area contributed by atoms with Gasteiger partial charge in [0.2, 0.25) is 0 Å². The fourth-order valence-corrected chi connectivity index (χ4v) is 2.52. The van der Waals surface area contributed by atoms with Crippen molar-refractivity contribution in [3.8, 4) is 0 Å². The summed E-state index contributed by atoms with van der Waals surface area (Å²) in [5.41, 5.74) is 0. The van der Waals surface area contributed by atoms with Gasteiger partial charge in [-0.3, -0.25) is 0 Å². The first-order valence-electron chi connectivity index (χ1n) is 4.79. The van der Waals surface area contributed by atoms with Crippen molar-refractivity contribution in [2.75, 3.05) is 6.54 Å². The van der Waals surface area contributed by atoms with E-state index in [4.69, 9.17) is 0 Å². The molecule has 0 aromatic rings. The summed E-state index contributed by atoms with van der Waals surface area (Å²) < 4.78 is 0.